The van der Waals surface area contributed by atoms with Gasteiger partial charge in [-0.3, -0.25) is 9.59 Å². The molecule has 144 valence electrons. The number of Topliss-reactive ketones (excluding diaryl/α,β-unsaturated/α-hetero) is 2. The van der Waals surface area contributed by atoms with Crippen LogP contribution in [0.25, 0.3) is 0 Å². The predicted octanol–water partition coefficient (Wildman–Crippen LogP) is 0.796. The van der Waals surface area contributed by atoms with Gasteiger partial charge in [0.2, 0.25) is 5.78 Å². The molecule has 0 saturated heterocycles. The first-order valence-corrected chi connectivity index (χ1v) is 10.6. The van der Waals surface area contributed by atoms with Crippen molar-refractivity contribution in [1.29, 1.82) is 0 Å². The summed E-state index contributed by atoms with van der Waals surface area (Å²) in [4.78, 5) is 24.2. The summed E-state index contributed by atoms with van der Waals surface area (Å²) >= 11 is 0. The van der Waals surface area contributed by atoms with Crippen LogP contribution in [0.3, 0.4) is 0 Å². The van der Waals surface area contributed by atoms with E-state index in [1.54, 1.807) is 0 Å². The van der Waals surface area contributed by atoms with Gasteiger partial charge in [-0.25, -0.2) is 16.8 Å². The molecule has 28 heavy (non-hydrogen) atoms. The molecule has 0 spiro atoms. The predicted molar refractivity (Wildman–Crippen MR) is 91.8 cm³/mol. The number of anilines is 1. The van der Waals surface area contributed by atoms with E-state index in [0.29, 0.717) is 5.56 Å². The van der Waals surface area contributed by atoms with E-state index in [4.69, 9.17) is 0 Å². The van der Waals surface area contributed by atoms with Crippen molar-refractivity contribution in [2.75, 3.05) is 5.32 Å². The zero-order valence-electron chi connectivity index (χ0n) is 13.8. The van der Waals surface area contributed by atoms with Crippen molar-refractivity contribution in [1.82, 2.24) is 0 Å². The Kier molecular flexibility index (Phi) is 3.84. The van der Waals surface area contributed by atoms with E-state index in [1.807, 2.05) is 0 Å². The van der Waals surface area contributed by atoms with Crippen molar-refractivity contribution >= 4 is 37.5 Å². The third kappa shape index (κ3) is 2.85. The Balaban J connectivity index is 1.79. The van der Waals surface area contributed by atoms with Crippen molar-refractivity contribution < 1.29 is 35.5 Å². The van der Waals surface area contributed by atoms with Crippen molar-refractivity contribution in [2.45, 2.75) is 16.2 Å². The first-order valence-electron chi connectivity index (χ1n) is 7.75. The average molecular weight is 419 g/mol. The summed E-state index contributed by atoms with van der Waals surface area (Å²) in [6.45, 7) is 0. The highest BCUT2D eigenvalue weighted by Crippen LogP contribution is 2.36. The smallest absolute Gasteiger partial charge is 0.211 e. The number of rotatable bonds is 2. The van der Waals surface area contributed by atoms with E-state index in [1.165, 1.54) is 12.1 Å². The molecular weight excluding hydrogens is 410 g/mol. The van der Waals surface area contributed by atoms with E-state index in [-0.39, 0.29) is 34.5 Å². The Morgan fingerprint density at radius 1 is 0.786 bits per heavy atom. The molecular formula is C17H9NO8S2-2. The third-order valence-electron chi connectivity index (χ3n) is 4.57. The zero-order valence-corrected chi connectivity index (χ0v) is 15.4. The number of ketones is 2. The highest BCUT2D eigenvalue weighted by atomic mass is 32.2. The van der Waals surface area contributed by atoms with Crippen LogP contribution >= 0.6 is 0 Å². The number of hydrogen-bond acceptors (Lipinski definition) is 9. The molecule has 1 aliphatic carbocycles. The Bertz CT molecular complexity index is 1230. The number of carbonyl (C=O) groups excluding carboxylic acids is 2. The molecule has 0 fully saturated rings. The van der Waals surface area contributed by atoms with Crippen molar-refractivity contribution in [3.05, 3.63) is 64.4 Å². The number of benzene rings is 2. The topological polar surface area (TPSA) is 161 Å². The summed E-state index contributed by atoms with van der Waals surface area (Å²) in [7, 11) is -9.50. The molecule has 0 aromatic heterocycles. The fourth-order valence-corrected chi connectivity index (χ4v) is 4.22. The Morgan fingerprint density at radius 3 is 1.96 bits per heavy atom. The second kappa shape index (κ2) is 5.82. The van der Waals surface area contributed by atoms with E-state index in [0.717, 1.165) is 24.3 Å². The molecule has 2 aliphatic rings. The summed E-state index contributed by atoms with van der Waals surface area (Å²) in [5.41, 5.74) is 0.616. The zero-order chi connectivity index (χ0) is 20.4. The summed E-state index contributed by atoms with van der Waals surface area (Å²) in [5.74, 6) is -1.27. The molecule has 2 aromatic carbocycles. The van der Waals surface area contributed by atoms with Crippen LogP contribution in [-0.4, -0.2) is 37.5 Å². The van der Waals surface area contributed by atoms with Crippen molar-refractivity contribution in [3.8, 4) is 0 Å². The average Bonchev–Trinajstić information content (AvgIpc) is 3.10. The summed E-state index contributed by atoms with van der Waals surface area (Å²) in [6.07, 6.45) is 0.0299. The number of fused-ring (bicyclic) bond motifs is 2. The fraction of sp³-hybridized carbons (Fsp3) is 0.0588. The van der Waals surface area contributed by atoms with Gasteiger partial charge in [0.15, 0.2) is 5.78 Å². The van der Waals surface area contributed by atoms with Gasteiger partial charge in [0, 0.05) is 28.8 Å². The van der Waals surface area contributed by atoms with Crippen LogP contribution in [0.2, 0.25) is 0 Å². The van der Waals surface area contributed by atoms with Gasteiger partial charge < -0.3 is 14.4 Å². The van der Waals surface area contributed by atoms with Gasteiger partial charge in [0.1, 0.15) is 20.2 Å². The van der Waals surface area contributed by atoms with Crippen LogP contribution in [0.4, 0.5) is 5.69 Å². The third-order valence-corrected chi connectivity index (χ3v) is 6.23. The van der Waals surface area contributed by atoms with Crippen LogP contribution in [0.5, 0.6) is 0 Å². The quantitative estimate of drug-likeness (QED) is 0.548. The van der Waals surface area contributed by atoms with Crippen LogP contribution in [0.1, 0.15) is 26.3 Å². The van der Waals surface area contributed by atoms with Gasteiger partial charge in [0.05, 0.1) is 15.5 Å². The molecule has 0 bridgehead atoms. The standard InChI is InChI=1S/C17H11NO8S2/c19-16-11-6-9(27(21,22)23)2-1-8(11)5-13(16)15-17(20)12-7-10(28(24,25)26)3-4-14(12)18-15/h1-4,6-7,18H,5H2,(H,21,22,23)(H,24,25,26)/p-2/b15-13-. The van der Waals surface area contributed by atoms with Crippen molar-refractivity contribution in [2.24, 2.45) is 0 Å². The van der Waals surface area contributed by atoms with Gasteiger partial charge in [-0.15, -0.1) is 0 Å². The molecule has 0 unspecified atom stereocenters. The minimum absolute atomic E-state index is 0.00723. The molecule has 0 atom stereocenters. The largest absolute Gasteiger partial charge is 0.744 e. The van der Waals surface area contributed by atoms with E-state index in [2.05, 4.69) is 5.32 Å². The first kappa shape index (κ1) is 18.5. The molecule has 1 N–H and O–H groups in total. The van der Waals surface area contributed by atoms with Crippen LogP contribution in [-0.2, 0) is 26.7 Å². The number of nitrogens with one attached hydrogen (secondary N) is 1. The maximum absolute atomic E-state index is 12.7. The lowest BCUT2D eigenvalue weighted by Crippen LogP contribution is -2.10. The van der Waals surface area contributed by atoms with E-state index >= 15 is 0 Å². The molecule has 1 aliphatic heterocycles. The molecule has 2 aromatic rings. The molecule has 0 radical (unpaired) electrons. The van der Waals surface area contributed by atoms with Crippen LogP contribution in [0.15, 0.2) is 57.5 Å². The lowest BCUT2D eigenvalue weighted by molar-refractivity contribution is 0.101. The normalized spacial score (nSPS) is 18.8. The summed E-state index contributed by atoms with van der Waals surface area (Å²) in [6, 6.07) is 6.63. The van der Waals surface area contributed by atoms with Crippen molar-refractivity contribution in [3.63, 3.8) is 0 Å². The fourth-order valence-electron chi connectivity index (χ4n) is 3.23. The monoisotopic (exact) mass is 419 g/mol. The highest BCUT2D eigenvalue weighted by molar-refractivity contribution is 7.86. The Morgan fingerprint density at radius 2 is 1.36 bits per heavy atom. The van der Waals surface area contributed by atoms with E-state index < -0.39 is 41.6 Å². The lowest BCUT2D eigenvalue weighted by atomic mass is 10.1. The summed E-state index contributed by atoms with van der Waals surface area (Å²) < 4.78 is 67.0. The van der Waals surface area contributed by atoms with Gasteiger partial charge >= 0.3 is 0 Å². The van der Waals surface area contributed by atoms with Gasteiger partial charge in [0.25, 0.3) is 0 Å². The highest BCUT2D eigenvalue weighted by Gasteiger charge is 2.35. The number of hydrogen-bond donors (Lipinski definition) is 1. The number of carbonyl (C=O) groups is 2. The minimum atomic E-state index is -4.76. The molecule has 1 heterocycles. The molecule has 0 saturated carbocycles. The van der Waals surface area contributed by atoms with E-state index in [9.17, 15) is 35.5 Å². The lowest BCUT2D eigenvalue weighted by Gasteiger charge is -2.07. The first-order chi connectivity index (χ1) is 13.0. The SMILES string of the molecule is O=C1/C(=C2\Nc3ccc(S(=O)(=O)[O-])cc3C2=O)Cc2ccc(S(=O)(=O)[O-])cc21. The molecule has 4 rings (SSSR count). The maximum Gasteiger partial charge on any atom is 0.211 e. The van der Waals surface area contributed by atoms with Crippen LogP contribution < -0.4 is 5.32 Å². The number of allylic oxidation sites excluding steroid dienone is 2. The Labute approximate surface area is 159 Å². The molecule has 11 heteroatoms. The minimum Gasteiger partial charge on any atom is -0.744 e. The Hall–Kier alpha value is -2.86. The summed E-state index contributed by atoms with van der Waals surface area (Å²) in [5, 5.41) is 2.75. The molecule has 0 amide bonds. The molecule has 9 nitrogen and oxygen atoms in total. The van der Waals surface area contributed by atoms with Gasteiger partial charge in [-0.05, 0) is 35.9 Å². The van der Waals surface area contributed by atoms with Gasteiger partial charge in [-0.1, -0.05) is 6.07 Å². The second-order valence-electron chi connectivity index (χ2n) is 6.25. The second-order valence-corrected chi connectivity index (χ2v) is 9.01. The van der Waals surface area contributed by atoms with Crippen LogP contribution in [0, 0.1) is 0 Å². The maximum atomic E-state index is 12.7. The van der Waals surface area contributed by atoms with Gasteiger partial charge in [-0.2, -0.15) is 0 Å².